The molecule has 0 radical (unpaired) electrons. The molecule has 1 N–H and O–H groups in total. The number of carbonyl (C=O) groups is 1. The Morgan fingerprint density at radius 2 is 1.88 bits per heavy atom. The maximum atomic E-state index is 11.2. The standard InChI is InChI=1S/C30H26Cl2N4O4/c31-21-14-33-15-22(32)25(21)26-20(27(40-35-26)19-1-2-19)17-39-30-9-6-29(7-10-30,8-11-30)5-3-18-4-12-36-16-23(28(37)38)34-24(36)13-18/h4,12-16,19H,1-2,6-11,17H2,(H,37,38). The quantitative estimate of drug-likeness (QED) is 0.248. The third-order valence-corrected chi connectivity index (χ3v) is 9.28. The largest absolute Gasteiger partial charge is 0.476 e. The highest BCUT2D eigenvalue weighted by atomic mass is 35.5. The highest BCUT2D eigenvalue weighted by Gasteiger charge is 2.49. The number of rotatable bonds is 6. The molecular formula is C30H26Cl2N4O4. The first-order chi connectivity index (χ1) is 19.3. The van der Waals surface area contributed by atoms with Crippen LogP contribution in [-0.2, 0) is 11.3 Å². The Labute approximate surface area is 240 Å². The van der Waals surface area contributed by atoms with E-state index in [1.807, 2.05) is 12.1 Å². The summed E-state index contributed by atoms with van der Waals surface area (Å²) in [5.74, 6) is 7.13. The molecule has 4 aromatic heterocycles. The van der Waals surface area contributed by atoms with Crippen LogP contribution < -0.4 is 0 Å². The Morgan fingerprint density at radius 1 is 1.15 bits per heavy atom. The van der Waals surface area contributed by atoms with Gasteiger partial charge in [-0.1, -0.05) is 40.2 Å². The van der Waals surface area contributed by atoms with E-state index >= 15 is 0 Å². The van der Waals surface area contributed by atoms with E-state index in [-0.39, 0.29) is 16.7 Å². The van der Waals surface area contributed by atoms with E-state index in [4.69, 9.17) is 32.5 Å². The average Bonchev–Trinajstić information content (AvgIpc) is 3.57. The number of carboxylic acids is 1. The molecule has 4 aliphatic rings. The topological polar surface area (TPSA) is 103 Å². The molecule has 4 saturated carbocycles. The van der Waals surface area contributed by atoms with Crippen LogP contribution in [0.3, 0.4) is 0 Å². The minimum Gasteiger partial charge on any atom is -0.476 e. The van der Waals surface area contributed by atoms with Gasteiger partial charge in [-0.3, -0.25) is 4.98 Å². The Kier molecular flexibility index (Phi) is 6.15. The zero-order valence-corrected chi connectivity index (χ0v) is 23.1. The molecule has 2 bridgehead atoms. The number of fused-ring (bicyclic) bond motifs is 4. The fourth-order valence-electron chi connectivity index (χ4n) is 6.11. The van der Waals surface area contributed by atoms with E-state index in [0.717, 1.165) is 68.3 Å². The third kappa shape index (κ3) is 4.56. The molecular weight excluding hydrogens is 551 g/mol. The number of imidazole rings is 1. The summed E-state index contributed by atoms with van der Waals surface area (Å²) < 4.78 is 14.2. The first-order valence-corrected chi connectivity index (χ1v) is 14.3. The van der Waals surface area contributed by atoms with Gasteiger partial charge in [-0.2, -0.15) is 0 Å². The highest BCUT2D eigenvalue weighted by molar-refractivity contribution is 6.38. The first-order valence-electron chi connectivity index (χ1n) is 13.5. The smallest absolute Gasteiger partial charge is 0.356 e. The van der Waals surface area contributed by atoms with Crippen LogP contribution in [0.2, 0.25) is 10.0 Å². The molecule has 8 nitrogen and oxygen atoms in total. The molecule has 4 heterocycles. The fourth-order valence-corrected chi connectivity index (χ4v) is 6.65. The van der Waals surface area contributed by atoms with Crippen molar-refractivity contribution in [3.63, 3.8) is 0 Å². The maximum Gasteiger partial charge on any atom is 0.356 e. The van der Waals surface area contributed by atoms with Gasteiger partial charge in [0.1, 0.15) is 17.1 Å². The van der Waals surface area contributed by atoms with Crippen molar-refractivity contribution < 1.29 is 19.2 Å². The molecule has 204 valence electrons. The van der Waals surface area contributed by atoms with Crippen molar-refractivity contribution in [3.05, 3.63) is 69.5 Å². The number of carboxylic acid groups (broad SMARTS) is 1. The van der Waals surface area contributed by atoms with Crippen molar-refractivity contribution >= 4 is 34.8 Å². The van der Waals surface area contributed by atoms with Gasteiger partial charge in [-0.25, -0.2) is 9.78 Å². The fraction of sp³-hybridized carbons (Fsp3) is 0.400. The van der Waals surface area contributed by atoms with E-state index in [2.05, 4.69) is 27.0 Å². The molecule has 40 heavy (non-hydrogen) atoms. The van der Waals surface area contributed by atoms with Crippen LogP contribution in [0, 0.1) is 17.3 Å². The van der Waals surface area contributed by atoms with Crippen molar-refractivity contribution in [2.45, 2.75) is 69.5 Å². The molecule has 0 saturated heterocycles. The highest BCUT2D eigenvalue weighted by Crippen LogP contribution is 2.54. The Balaban J connectivity index is 1.07. The molecule has 4 fully saturated rings. The molecule has 0 unspecified atom stereocenters. The normalized spacial score (nSPS) is 23.8. The van der Waals surface area contributed by atoms with Crippen LogP contribution in [0.25, 0.3) is 16.9 Å². The van der Waals surface area contributed by atoms with Gasteiger partial charge in [-0.15, -0.1) is 0 Å². The van der Waals surface area contributed by atoms with Crippen molar-refractivity contribution in [3.8, 4) is 23.1 Å². The number of hydrogen-bond donors (Lipinski definition) is 1. The molecule has 0 atom stereocenters. The van der Waals surface area contributed by atoms with Crippen LogP contribution in [0.4, 0.5) is 0 Å². The molecule has 0 amide bonds. The molecule has 4 aliphatic carbocycles. The number of ether oxygens (including phenoxy) is 1. The van der Waals surface area contributed by atoms with Gasteiger partial charge in [0.05, 0.1) is 22.3 Å². The SMILES string of the molecule is O=C(O)c1cn2ccc(C#CC34CCC(OCc5c(-c6c(Cl)cncc6Cl)noc5C5CC5)(CC3)CC4)cc2n1. The van der Waals surface area contributed by atoms with E-state index in [0.29, 0.717) is 39.5 Å². The maximum absolute atomic E-state index is 11.2. The molecule has 10 heteroatoms. The Hall–Kier alpha value is -3.38. The monoisotopic (exact) mass is 576 g/mol. The zero-order valence-electron chi connectivity index (χ0n) is 21.6. The van der Waals surface area contributed by atoms with Crippen LogP contribution in [0.1, 0.15) is 84.7 Å². The summed E-state index contributed by atoms with van der Waals surface area (Å²) in [6, 6.07) is 3.74. The summed E-state index contributed by atoms with van der Waals surface area (Å²) in [7, 11) is 0. The Morgan fingerprint density at radius 3 is 2.55 bits per heavy atom. The summed E-state index contributed by atoms with van der Waals surface area (Å²) in [6.45, 7) is 0.404. The summed E-state index contributed by atoms with van der Waals surface area (Å²) >= 11 is 12.9. The van der Waals surface area contributed by atoms with Crippen LogP contribution in [0.15, 0.2) is 41.4 Å². The van der Waals surface area contributed by atoms with Gasteiger partial charge < -0.3 is 18.8 Å². The van der Waals surface area contributed by atoms with E-state index < -0.39 is 5.97 Å². The Bertz CT molecular complexity index is 1670. The van der Waals surface area contributed by atoms with Crippen LogP contribution in [0.5, 0.6) is 0 Å². The lowest BCUT2D eigenvalue weighted by Gasteiger charge is -2.51. The molecule has 4 aromatic rings. The van der Waals surface area contributed by atoms with Crippen molar-refractivity contribution in [1.29, 1.82) is 0 Å². The number of halogens is 2. The van der Waals surface area contributed by atoms with Gasteiger partial charge in [0.15, 0.2) is 5.69 Å². The summed E-state index contributed by atoms with van der Waals surface area (Å²) in [4.78, 5) is 19.5. The van der Waals surface area contributed by atoms with E-state index in [9.17, 15) is 9.90 Å². The van der Waals surface area contributed by atoms with Crippen molar-refractivity contribution in [1.82, 2.24) is 19.5 Å². The second-order valence-electron chi connectivity index (χ2n) is 11.2. The van der Waals surface area contributed by atoms with Gasteiger partial charge in [0.2, 0.25) is 0 Å². The van der Waals surface area contributed by atoms with Gasteiger partial charge >= 0.3 is 5.97 Å². The lowest BCUT2D eigenvalue weighted by molar-refractivity contribution is -0.131. The van der Waals surface area contributed by atoms with Gasteiger partial charge in [0.25, 0.3) is 0 Å². The number of nitrogens with zero attached hydrogens (tertiary/aromatic N) is 4. The van der Waals surface area contributed by atoms with Crippen molar-refractivity contribution in [2.75, 3.05) is 0 Å². The van der Waals surface area contributed by atoms with Crippen LogP contribution >= 0.6 is 23.2 Å². The second kappa shape index (κ2) is 9.62. The van der Waals surface area contributed by atoms with E-state index in [1.165, 1.54) is 6.20 Å². The number of aromatic nitrogens is 4. The predicted octanol–water partition coefficient (Wildman–Crippen LogP) is 6.93. The van der Waals surface area contributed by atoms with Crippen molar-refractivity contribution in [2.24, 2.45) is 5.41 Å². The zero-order chi connectivity index (χ0) is 27.5. The summed E-state index contributed by atoms with van der Waals surface area (Å²) in [6.07, 6.45) is 14.4. The number of hydrogen-bond acceptors (Lipinski definition) is 6. The molecule has 0 spiro atoms. The third-order valence-electron chi connectivity index (χ3n) is 8.71. The van der Waals surface area contributed by atoms with Gasteiger partial charge in [-0.05, 0) is 63.5 Å². The number of pyridine rings is 2. The lowest BCUT2D eigenvalue weighted by Crippen LogP contribution is -2.47. The summed E-state index contributed by atoms with van der Waals surface area (Å²) in [5, 5.41) is 14.5. The van der Waals surface area contributed by atoms with Gasteiger partial charge in [0, 0.05) is 52.8 Å². The van der Waals surface area contributed by atoms with Crippen LogP contribution in [-0.4, -0.2) is 36.2 Å². The average molecular weight is 577 g/mol. The molecule has 8 rings (SSSR count). The summed E-state index contributed by atoms with van der Waals surface area (Å²) in [5.41, 5.74) is 3.44. The second-order valence-corrected chi connectivity index (χ2v) is 12.1. The first kappa shape index (κ1) is 25.6. The molecule has 0 aromatic carbocycles. The number of aromatic carboxylic acids is 1. The minimum absolute atomic E-state index is 0.0224. The lowest BCUT2D eigenvalue weighted by atomic mass is 9.59. The minimum atomic E-state index is -1.04. The predicted molar refractivity (Wildman–Crippen MR) is 148 cm³/mol. The molecule has 0 aliphatic heterocycles. The van der Waals surface area contributed by atoms with E-state index in [1.54, 1.807) is 23.0 Å².